The van der Waals surface area contributed by atoms with Crippen molar-refractivity contribution in [1.29, 1.82) is 0 Å². The van der Waals surface area contributed by atoms with E-state index in [0.29, 0.717) is 42.8 Å². The molecule has 1 aliphatic heterocycles. The molecule has 1 saturated heterocycles. The Morgan fingerprint density at radius 3 is 2.52 bits per heavy atom. The van der Waals surface area contributed by atoms with Gasteiger partial charge in [0.15, 0.2) is 5.16 Å². The lowest BCUT2D eigenvalue weighted by atomic mass is 10.3. The van der Waals surface area contributed by atoms with Crippen molar-refractivity contribution in [3.63, 3.8) is 0 Å². The second-order valence-corrected chi connectivity index (χ2v) is 7.17. The van der Waals surface area contributed by atoms with Crippen molar-refractivity contribution in [3.8, 4) is 0 Å². The second kappa shape index (κ2) is 8.96. The highest BCUT2D eigenvalue weighted by Crippen LogP contribution is 2.15. The number of thioether (sulfide) groups is 1. The van der Waals surface area contributed by atoms with Gasteiger partial charge in [0, 0.05) is 38.9 Å². The minimum Gasteiger partial charge on any atom is -0.339 e. The number of halogens is 1. The summed E-state index contributed by atoms with van der Waals surface area (Å²) in [6.07, 6.45) is 1.60. The van der Waals surface area contributed by atoms with E-state index in [1.165, 1.54) is 36.0 Å². The monoisotopic (exact) mass is 392 g/mol. The van der Waals surface area contributed by atoms with Gasteiger partial charge < -0.3 is 14.8 Å². The lowest BCUT2D eigenvalue weighted by molar-refractivity contribution is -0.130. The van der Waals surface area contributed by atoms with Crippen molar-refractivity contribution >= 4 is 29.3 Å². The summed E-state index contributed by atoms with van der Waals surface area (Å²) in [5.74, 6) is -0.124. The van der Waals surface area contributed by atoms with Crippen molar-refractivity contribution in [2.75, 3.05) is 43.8 Å². The first-order valence-corrected chi connectivity index (χ1v) is 9.52. The minimum absolute atomic E-state index is 0.0541. The summed E-state index contributed by atoms with van der Waals surface area (Å²) in [4.78, 5) is 28.2. The molecule has 0 bridgehead atoms. The highest BCUT2D eigenvalue weighted by atomic mass is 32.2. The van der Waals surface area contributed by atoms with E-state index in [9.17, 15) is 14.0 Å². The maximum Gasteiger partial charge on any atom is 0.238 e. The zero-order valence-electron chi connectivity index (χ0n) is 15.0. The minimum atomic E-state index is -0.342. The molecule has 1 aromatic heterocycles. The van der Waals surface area contributed by atoms with Gasteiger partial charge in [-0.2, -0.15) is 0 Å². The molecule has 2 aromatic rings. The van der Waals surface area contributed by atoms with Gasteiger partial charge >= 0.3 is 0 Å². The lowest BCUT2D eigenvalue weighted by Gasteiger charge is -2.34. The first kappa shape index (κ1) is 19.3. The molecule has 1 aromatic carbocycles. The molecular formula is C17H21FN6O2S. The number of carbonyl (C=O) groups excluding carboxylic acids is 2. The summed E-state index contributed by atoms with van der Waals surface area (Å²) in [6, 6.07) is 5.66. The first-order valence-electron chi connectivity index (χ1n) is 8.53. The van der Waals surface area contributed by atoms with Crippen LogP contribution in [0, 0.1) is 5.82 Å². The Labute approximate surface area is 160 Å². The second-order valence-electron chi connectivity index (χ2n) is 6.23. The molecule has 2 amide bonds. The summed E-state index contributed by atoms with van der Waals surface area (Å²) in [6.45, 7) is 2.69. The van der Waals surface area contributed by atoms with Crippen molar-refractivity contribution in [2.24, 2.45) is 7.05 Å². The van der Waals surface area contributed by atoms with Gasteiger partial charge in [-0.05, 0) is 24.3 Å². The smallest absolute Gasteiger partial charge is 0.238 e. The Balaban J connectivity index is 1.39. The fourth-order valence-electron chi connectivity index (χ4n) is 2.71. The van der Waals surface area contributed by atoms with Crippen LogP contribution in [0.3, 0.4) is 0 Å². The van der Waals surface area contributed by atoms with Crippen molar-refractivity contribution in [1.82, 2.24) is 24.6 Å². The summed E-state index contributed by atoms with van der Waals surface area (Å²) < 4.78 is 14.7. The van der Waals surface area contributed by atoms with E-state index in [0.717, 1.165) is 0 Å². The highest BCUT2D eigenvalue weighted by molar-refractivity contribution is 7.99. The molecule has 0 saturated carbocycles. The number of nitrogens with one attached hydrogen (secondary N) is 1. The fraction of sp³-hybridized carbons (Fsp3) is 0.412. The van der Waals surface area contributed by atoms with Gasteiger partial charge in [0.25, 0.3) is 0 Å². The Kier molecular flexibility index (Phi) is 6.40. The molecule has 0 unspecified atom stereocenters. The molecular weight excluding hydrogens is 371 g/mol. The Morgan fingerprint density at radius 2 is 1.89 bits per heavy atom. The Morgan fingerprint density at radius 1 is 1.19 bits per heavy atom. The predicted octanol–water partition coefficient (Wildman–Crippen LogP) is 0.829. The molecule has 0 spiro atoms. The zero-order valence-corrected chi connectivity index (χ0v) is 15.8. The van der Waals surface area contributed by atoms with Crippen LogP contribution in [0.1, 0.15) is 0 Å². The van der Waals surface area contributed by atoms with Gasteiger partial charge in [-0.3, -0.25) is 14.5 Å². The molecule has 1 aliphatic rings. The van der Waals surface area contributed by atoms with Crippen molar-refractivity contribution in [3.05, 3.63) is 36.4 Å². The van der Waals surface area contributed by atoms with Crippen LogP contribution in [0.2, 0.25) is 0 Å². The standard InChI is InChI=1S/C17H21FN6O2S/c1-22-12-19-21-17(22)27-11-16(26)24-8-6-23(7-9-24)10-15(25)20-14-4-2-13(18)3-5-14/h2-5,12H,6-11H2,1H3,(H,20,25). The van der Waals surface area contributed by atoms with Gasteiger partial charge in [0.1, 0.15) is 12.1 Å². The van der Waals surface area contributed by atoms with E-state index in [4.69, 9.17) is 0 Å². The summed E-state index contributed by atoms with van der Waals surface area (Å²) >= 11 is 1.36. The van der Waals surface area contributed by atoms with E-state index in [2.05, 4.69) is 15.5 Å². The van der Waals surface area contributed by atoms with Crippen LogP contribution in [0.4, 0.5) is 10.1 Å². The number of piperazine rings is 1. The van der Waals surface area contributed by atoms with E-state index in [-0.39, 0.29) is 24.2 Å². The number of aromatic nitrogens is 3. The number of amides is 2. The number of carbonyl (C=O) groups is 2. The van der Waals surface area contributed by atoms with E-state index < -0.39 is 0 Å². The van der Waals surface area contributed by atoms with Crippen molar-refractivity contribution < 1.29 is 14.0 Å². The lowest BCUT2D eigenvalue weighted by Crippen LogP contribution is -2.50. The third-order valence-corrected chi connectivity index (χ3v) is 5.23. The van der Waals surface area contributed by atoms with E-state index in [1.54, 1.807) is 15.8 Å². The van der Waals surface area contributed by atoms with E-state index >= 15 is 0 Å². The molecule has 8 nitrogen and oxygen atoms in total. The molecule has 1 N–H and O–H groups in total. The van der Waals surface area contributed by atoms with Crippen molar-refractivity contribution in [2.45, 2.75) is 5.16 Å². The van der Waals surface area contributed by atoms with Crippen LogP contribution in [0.15, 0.2) is 35.7 Å². The Hall–Kier alpha value is -2.46. The average molecular weight is 392 g/mol. The number of aryl methyl sites for hydroxylation is 1. The van der Waals surface area contributed by atoms with Gasteiger partial charge in [0.2, 0.25) is 11.8 Å². The quantitative estimate of drug-likeness (QED) is 0.734. The number of nitrogens with zero attached hydrogens (tertiary/aromatic N) is 5. The molecule has 2 heterocycles. The third kappa shape index (κ3) is 5.51. The number of rotatable bonds is 6. The van der Waals surface area contributed by atoms with Gasteiger partial charge in [-0.25, -0.2) is 4.39 Å². The Bertz CT molecular complexity index is 789. The maximum atomic E-state index is 12.9. The third-order valence-electron chi connectivity index (χ3n) is 4.21. The number of hydrogen-bond acceptors (Lipinski definition) is 6. The van der Waals surface area contributed by atoms with E-state index in [1.807, 2.05) is 11.9 Å². The molecule has 0 atom stereocenters. The molecule has 144 valence electrons. The van der Waals surface area contributed by atoms with Crippen LogP contribution in [0.5, 0.6) is 0 Å². The normalized spacial score (nSPS) is 15.0. The number of benzene rings is 1. The first-order chi connectivity index (χ1) is 13.0. The summed E-state index contributed by atoms with van der Waals surface area (Å²) in [5.41, 5.74) is 0.566. The van der Waals surface area contributed by atoms with Crippen LogP contribution >= 0.6 is 11.8 Å². The fourth-order valence-corrected chi connectivity index (χ4v) is 3.50. The summed E-state index contributed by atoms with van der Waals surface area (Å²) in [7, 11) is 1.84. The van der Waals surface area contributed by atoms with Crippen LogP contribution < -0.4 is 5.32 Å². The molecule has 0 radical (unpaired) electrons. The topological polar surface area (TPSA) is 83.4 Å². The summed E-state index contributed by atoms with van der Waals surface area (Å²) in [5, 5.41) is 11.2. The molecule has 0 aliphatic carbocycles. The maximum absolute atomic E-state index is 12.9. The molecule has 27 heavy (non-hydrogen) atoms. The van der Waals surface area contributed by atoms with Crippen LogP contribution in [-0.4, -0.2) is 74.9 Å². The zero-order chi connectivity index (χ0) is 19.2. The molecule has 10 heteroatoms. The highest BCUT2D eigenvalue weighted by Gasteiger charge is 2.22. The predicted molar refractivity (Wildman–Crippen MR) is 99.8 cm³/mol. The average Bonchev–Trinajstić information content (AvgIpc) is 3.07. The van der Waals surface area contributed by atoms with Gasteiger partial charge in [-0.15, -0.1) is 10.2 Å². The number of hydrogen-bond donors (Lipinski definition) is 1. The van der Waals surface area contributed by atoms with Crippen LogP contribution in [0.25, 0.3) is 0 Å². The SMILES string of the molecule is Cn1cnnc1SCC(=O)N1CCN(CC(=O)Nc2ccc(F)cc2)CC1. The molecule has 3 rings (SSSR count). The van der Waals surface area contributed by atoms with Gasteiger partial charge in [-0.1, -0.05) is 11.8 Å². The van der Waals surface area contributed by atoms with Gasteiger partial charge in [0.05, 0.1) is 12.3 Å². The van der Waals surface area contributed by atoms with Crippen LogP contribution in [-0.2, 0) is 16.6 Å². The largest absolute Gasteiger partial charge is 0.339 e. The molecule has 1 fully saturated rings. The number of anilines is 1.